The zero-order valence-corrected chi connectivity index (χ0v) is 25.5. The molecule has 12 heteroatoms. The van der Waals surface area contributed by atoms with Crippen molar-refractivity contribution in [2.24, 2.45) is 11.1 Å². The number of halogens is 1. The van der Waals surface area contributed by atoms with Crippen molar-refractivity contribution < 1.29 is 33.9 Å². The third kappa shape index (κ3) is 6.82. The van der Waals surface area contributed by atoms with Crippen molar-refractivity contribution in [3.8, 4) is 0 Å². The number of carbonyl (C=O) groups is 4. The van der Waals surface area contributed by atoms with Gasteiger partial charge in [-0.05, 0) is 58.6 Å². The molecule has 0 bridgehead atoms. The number of rotatable bonds is 3. The Morgan fingerprint density at radius 1 is 1.21 bits per heavy atom. The van der Waals surface area contributed by atoms with Crippen molar-refractivity contribution >= 4 is 41.2 Å². The second-order valence-electron chi connectivity index (χ2n) is 13.0. The van der Waals surface area contributed by atoms with Gasteiger partial charge in [-0.15, -0.1) is 0 Å². The summed E-state index contributed by atoms with van der Waals surface area (Å²) in [5, 5.41) is 20.4. The second kappa shape index (κ2) is 11.8. The highest BCUT2D eigenvalue weighted by molar-refractivity contribution is 6.31. The number of nitrogens with one attached hydrogen (secondary N) is 2. The highest BCUT2D eigenvalue weighted by atomic mass is 35.5. The fourth-order valence-electron chi connectivity index (χ4n) is 6.17. The van der Waals surface area contributed by atoms with Gasteiger partial charge in [0.2, 0.25) is 11.8 Å². The van der Waals surface area contributed by atoms with Crippen molar-refractivity contribution in [3.63, 3.8) is 0 Å². The number of hydrogen-bond acceptors (Lipinski definition) is 7. The lowest BCUT2D eigenvalue weighted by molar-refractivity contribution is -0.145. The first kappa shape index (κ1) is 30.8. The first-order valence-electron chi connectivity index (χ1n) is 14.8. The summed E-state index contributed by atoms with van der Waals surface area (Å²) < 4.78 is 5.44. The van der Waals surface area contributed by atoms with Gasteiger partial charge in [-0.25, -0.2) is 9.59 Å². The maximum Gasteiger partial charge on any atom is 0.408 e. The number of carboxylic acids is 1. The number of hydrogen-bond donors (Lipinski definition) is 3. The lowest BCUT2D eigenvalue weighted by Gasteiger charge is -2.30. The minimum absolute atomic E-state index is 0.0351. The molecule has 5 atom stereocenters. The molecule has 2 fully saturated rings. The van der Waals surface area contributed by atoms with Gasteiger partial charge in [-0.2, -0.15) is 0 Å². The molecule has 0 unspecified atom stereocenters. The molecule has 232 valence electrons. The number of amides is 3. The van der Waals surface area contributed by atoms with Gasteiger partial charge in [0.15, 0.2) is 5.60 Å². The number of aliphatic carboxylic acids is 1. The average Bonchev–Trinajstić information content (AvgIpc) is 3.27. The van der Waals surface area contributed by atoms with Gasteiger partial charge in [0.25, 0.3) is 0 Å². The van der Waals surface area contributed by atoms with Crippen LogP contribution in [0.25, 0.3) is 0 Å². The smallest absolute Gasteiger partial charge is 0.408 e. The van der Waals surface area contributed by atoms with Crippen molar-refractivity contribution in [3.05, 3.63) is 47.0 Å². The van der Waals surface area contributed by atoms with Crippen LogP contribution in [0.4, 0.5) is 4.79 Å². The molecule has 3 heterocycles. The zero-order chi connectivity index (χ0) is 31.0. The number of alkyl carbamates (subject to hydrolysis) is 1. The largest absolute Gasteiger partial charge is 0.479 e. The van der Waals surface area contributed by atoms with E-state index >= 15 is 0 Å². The highest BCUT2D eigenvalue weighted by Gasteiger charge is 2.62. The van der Waals surface area contributed by atoms with Crippen LogP contribution >= 0.6 is 11.6 Å². The lowest BCUT2D eigenvalue weighted by Crippen LogP contribution is -2.56. The van der Waals surface area contributed by atoms with Gasteiger partial charge in [0, 0.05) is 29.3 Å². The second-order valence-corrected chi connectivity index (χ2v) is 13.5. The predicted molar refractivity (Wildman–Crippen MR) is 159 cm³/mol. The fourth-order valence-corrected chi connectivity index (χ4v) is 6.36. The van der Waals surface area contributed by atoms with Gasteiger partial charge in [0.1, 0.15) is 23.2 Å². The molecule has 0 radical (unpaired) electrons. The molecule has 0 aromatic heterocycles. The maximum absolute atomic E-state index is 14.2. The molecule has 1 aromatic rings. The van der Waals surface area contributed by atoms with E-state index in [1.54, 1.807) is 39.0 Å². The number of benzene rings is 1. The van der Waals surface area contributed by atoms with E-state index in [0.717, 1.165) is 24.8 Å². The van der Waals surface area contributed by atoms with Crippen molar-refractivity contribution in [2.45, 2.75) is 101 Å². The van der Waals surface area contributed by atoms with Crippen molar-refractivity contribution in [2.75, 3.05) is 6.54 Å². The Morgan fingerprint density at radius 3 is 2.72 bits per heavy atom. The van der Waals surface area contributed by atoms with E-state index in [1.807, 2.05) is 18.2 Å². The lowest BCUT2D eigenvalue weighted by atomic mass is 9.91. The van der Waals surface area contributed by atoms with Gasteiger partial charge < -0.3 is 30.2 Å². The van der Waals surface area contributed by atoms with E-state index in [9.17, 15) is 24.3 Å². The Balaban J connectivity index is 1.44. The van der Waals surface area contributed by atoms with Crippen LogP contribution in [0.3, 0.4) is 0 Å². The monoisotopic (exact) mass is 614 g/mol. The molecule has 3 aliphatic heterocycles. The molecule has 3 N–H and O–H groups in total. The summed E-state index contributed by atoms with van der Waals surface area (Å²) in [5.41, 5.74) is -1.79. The number of oxime groups is 1. The van der Waals surface area contributed by atoms with Crippen molar-refractivity contribution in [1.82, 2.24) is 15.5 Å². The Labute approximate surface area is 256 Å². The van der Waals surface area contributed by atoms with Crippen LogP contribution in [-0.2, 0) is 24.0 Å². The van der Waals surface area contributed by atoms with E-state index in [1.165, 1.54) is 4.90 Å². The zero-order valence-electron chi connectivity index (χ0n) is 24.7. The molecule has 1 spiro atoms. The van der Waals surface area contributed by atoms with Crippen LogP contribution < -0.4 is 10.6 Å². The number of carboxylic acid groups (broad SMARTS) is 1. The van der Waals surface area contributed by atoms with Crippen molar-refractivity contribution in [1.29, 1.82) is 0 Å². The Bertz CT molecular complexity index is 1360. The number of ether oxygens (including phenoxy) is 1. The Kier molecular flexibility index (Phi) is 8.48. The minimum atomic E-state index is -1.43. The van der Waals surface area contributed by atoms with Crippen LogP contribution in [0.2, 0.25) is 5.02 Å². The Morgan fingerprint density at radius 2 is 2.00 bits per heavy atom. The summed E-state index contributed by atoms with van der Waals surface area (Å²) in [6.07, 6.45) is 7.22. The first-order chi connectivity index (χ1) is 20.3. The summed E-state index contributed by atoms with van der Waals surface area (Å²) in [6.45, 7) is 5.25. The molecule has 5 rings (SSSR count). The normalized spacial score (nSPS) is 31.9. The van der Waals surface area contributed by atoms with Gasteiger partial charge in [-0.3, -0.25) is 9.59 Å². The molecule has 1 aliphatic carbocycles. The molecule has 1 aromatic carbocycles. The van der Waals surface area contributed by atoms with E-state index in [2.05, 4.69) is 15.8 Å². The molecule has 4 aliphatic rings. The van der Waals surface area contributed by atoms with E-state index in [-0.39, 0.29) is 25.3 Å². The molecular weight excluding hydrogens is 576 g/mol. The quantitative estimate of drug-likeness (QED) is 0.433. The SMILES string of the molecule is CC(C)(C)OC(=O)N[C@@H]1CCCCC/C=C\[C@@H]2C[C@]2(C(=O)O)NC(=O)[C@@H]2C[C@@]3(CC(c4cccc(Cl)c4)=NO3)CN2C1=O. The number of fused-ring (bicyclic) bond motifs is 2. The summed E-state index contributed by atoms with van der Waals surface area (Å²) in [7, 11) is 0. The third-order valence-electron chi connectivity index (χ3n) is 8.45. The van der Waals surface area contributed by atoms with E-state index < -0.39 is 52.7 Å². The minimum Gasteiger partial charge on any atom is -0.479 e. The molecule has 43 heavy (non-hydrogen) atoms. The predicted octanol–water partition coefficient (Wildman–Crippen LogP) is 4.18. The van der Waals surface area contributed by atoms with E-state index in [0.29, 0.717) is 30.0 Å². The summed E-state index contributed by atoms with van der Waals surface area (Å²) in [4.78, 5) is 60.6. The average molecular weight is 615 g/mol. The molecule has 1 saturated heterocycles. The van der Waals surface area contributed by atoms with Crippen LogP contribution in [0.5, 0.6) is 0 Å². The first-order valence-corrected chi connectivity index (χ1v) is 15.2. The summed E-state index contributed by atoms with van der Waals surface area (Å²) in [5.74, 6) is -2.47. The van der Waals surface area contributed by atoms with E-state index in [4.69, 9.17) is 21.2 Å². The number of carbonyl (C=O) groups excluding carboxylic acids is 3. The summed E-state index contributed by atoms with van der Waals surface area (Å²) >= 11 is 6.19. The summed E-state index contributed by atoms with van der Waals surface area (Å²) in [6, 6.07) is 5.21. The van der Waals surface area contributed by atoms with Crippen LogP contribution in [0.15, 0.2) is 41.6 Å². The Hall–Kier alpha value is -3.60. The molecule has 11 nitrogen and oxygen atoms in total. The molecular formula is C31H39ClN4O7. The topological polar surface area (TPSA) is 147 Å². The van der Waals surface area contributed by atoms with Gasteiger partial charge >= 0.3 is 12.1 Å². The van der Waals surface area contributed by atoms with Gasteiger partial charge in [-0.1, -0.05) is 53.9 Å². The van der Waals surface area contributed by atoms with Crippen LogP contribution in [0, 0.1) is 5.92 Å². The standard InChI is InChI=1S/C31H39ClN4O7/c1-29(2,3)42-28(41)33-22-13-8-6-4-5-7-11-20-15-31(20,27(39)40)34-25(37)24-17-30(18-36(24)26(22)38)16-23(35-43-30)19-10-9-12-21(32)14-19/h7,9-12,14,20,22,24H,4-6,8,13,15-18H2,1-3H3,(H,33,41)(H,34,37)(H,39,40)/b11-7-/t20-,22-,24+,30+,31+/m1/s1. The molecule has 1 saturated carbocycles. The maximum atomic E-state index is 14.2. The third-order valence-corrected chi connectivity index (χ3v) is 8.68. The molecule has 3 amide bonds. The van der Waals surface area contributed by atoms with Gasteiger partial charge in [0.05, 0.1) is 12.3 Å². The fraction of sp³-hybridized carbons (Fsp3) is 0.581. The van der Waals surface area contributed by atoms with Crippen LogP contribution in [0.1, 0.15) is 77.7 Å². The number of nitrogens with zero attached hydrogens (tertiary/aromatic N) is 2. The highest BCUT2D eigenvalue weighted by Crippen LogP contribution is 2.46. The number of allylic oxidation sites excluding steroid dienone is 1. The van der Waals surface area contributed by atoms with Crippen LogP contribution in [-0.4, -0.2) is 75.0 Å².